The maximum atomic E-state index is 4.26. The summed E-state index contributed by atoms with van der Waals surface area (Å²) in [5, 5.41) is 8.15. The van der Waals surface area contributed by atoms with Crippen molar-refractivity contribution in [2.75, 3.05) is 0 Å². The Morgan fingerprint density at radius 2 is 2.15 bits per heavy atom. The first kappa shape index (κ1) is 8.16. The highest BCUT2D eigenvalue weighted by Crippen LogP contribution is 2.15. The van der Waals surface area contributed by atoms with Gasteiger partial charge in [-0.05, 0) is 32.4 Å². The number of aromatic nitrogens is 4. The van der Waals surface area contributed by atoms with Crippen LogP contribution in [0.1, 0.15) is 25.5 Å². The molecule has 4 heteroatoms. The lowest BCUT2D eigenvalue weighted by Crippen LogP contribution is -2.03. The number of nitrogens with zero attached hydrogens (tertiary/aromatic N) is 4. The van der Waals surface area contributed by atoms with Gasteiger partial charge in [-0.25, -0.2) is 9.67 Å². The SMILES string of the molecule is Cc1ccnc2c1nnn2C(C)C. The second-order valence-corrected chi connectivity index (χ2v) is 3.43. The van der Waals surface area contributed by atoms with Crippen molar-refractivity contribution in [3.05, 3.63) is 17.8 Å². The largest absolute Gasteiger partial charge is 0.235 e. The molecule has 2 rings (SSSR count). The first-order valence-electron chi connectivity index (χ1n) is 4.36. The van der Waals surface area contributed by atoms with Crippen LogP contribution in [0.2, 0.25) is 0 Å². The highest BCUT2D eigenvalue weighted by molar-refractivity contribution is 5.73. The van der Waals surface area contributed by atoms with Crippen LogP contribution >= 0.6 is 0 Å². The first-order valence-corrected chi connectivity index (χ1v) is 4.36. The van der Waals surface area contributed by atoms with E-state index in [1.165, 1.54) is 0 Å². The molecule has 0 aromatic carbocycles. The molecule has 0 amide bonds. The van der Waals surface area contributed by atoms with Crippen LogP contribution in [0.15, 0.2) is 12.3 Å². The van der Waals surface area contributed by atoms with Crippen LogP contribution in [-0.4, -0.2) is 20.0 Å². The van der Waals surface area contributed by atoms with Crippen molar-refractivity contribution in [3.8, 4) is 0 Å². The van der Waals surface area contributed by atoms with E-state index in [1.807, 2.05) is 17.7 Å². The third-order valence-electron chi connectivity index (χ3n) is 2.05. The first-order chi connectivity index (χ1) is 6.20. The molecule has 0 spiro atoms. The smallest absolute Gasteiger partial charge is 0.178 e. The van der Waals surface area contributed by atoms with Crippen LogP contribution in [-0.2, 0) is 0 Å². The minimum Gasteiger partial charge on any atom is -0.235 e. The molecule has 2 aromatic rings. The standard InChI is InChI=1S/C9H12N4/c1-6(2)13-9-8(11-12-13)7(3)4-5-10-9/h4-6H,1-3H3. The lowest BCUT2D eigenvalue weighted by Gasteiger charge is -2.03. The number of rotatable bonds is 1. The third kappa shape index (κ3) is 1.18. The van der Waals surface area contributed by atoms with Crippen LogP contribution in [0, 0.1) is 6.92 Å². The van der Waals surface area contributed by atoms with E-state index in [9.17, 15) is 0 Å². The summed E-state index contributed by atoms with van der Waals surface area (Å²) >= 11 is 0. The zero-order valence-electron chi connectivity index (χ0n) is 8.02. The number of aryl methyl sites for hydroxylation is 1. The third-order valence-corrected chi connectivity index (χ3v) is 2.05. The summed E-state index contributed by atoms with van der Waals surface area (Å²) in [5.41, 5.74) is 2.89. The average molecular weight is 176 g/mol. The zero-order valence-corrected chi connectivity index (χ0v) is 8.02. The lowest BCUT2D eigenvalue weighted by molar-refractivity contribution is 0.526. The monoisotopic (exact) mass is 176 g/mol. The molecule has 13 heavy (non-hydrogen) atoms. The van der Waals surface area contributed by atoms with Gasteiger partial charge in [-0.3, -0.25) is 0 Å². The Labute approximate surface area is 76.6 Å². The van der Waals surface area contributed by atoms with Crippen LogP contribution in [0.3, 0.4) is 0 Å². The molecule has 0 radical (unpaired) electrons. The quantitative estimate of drug-likeness (QED) is 0.664. The van der Waals surface area contributed by atoms with Crippen molar-refractivity contribution in [1.29, 1.82) is 0 Å². The highest BCUT2D eigenvalue weighted by atomic mass is 15.4. The molecule has 68 valence electrons. The van der Waals surface area contributed by atoms with Gasteiger partial charge in [0.2, 0.25) is 0 Å². The Bertz CT molecular complexity index is 430. The van der Waals surface area contributed by atoms with Gasteiger partial charge in [-0.15, -0.1) is 5.10 Å². The molecule has 0 N–H and O–H groups in total. The van der Waals surface area contributed by atoms with Gasteiger partial charge in [0.25, 0.3) is 0 Å². The predicted octanol–water partition coefficient (Wildman–Crippen LogP) is 1.72. The van der Waals surface area contributed by atoms with Gasteiger partial charge in [0.05, 0.1) is 6.04 Å². The number of hydrogen-bond donors (Lipinski definition) is 0. The Morgan fingerprint density at radius 3 is 2.85 bits per heavy atom. The summed E-state index contributed by atoms with van der Waals surface area (Å²) < 4.78 is 1.84. The lowest BCUT2D eigenvalue weighted by atomic mass is 10.3. The Morgan fingerprint density at radius 1 is 1.38 bits per heavy atom. The molecule has 0 aliphatic carbocycles. The highest BCUT2D eigenvalue weighted by Gasteiger charge is 2.09. The number of fused-ring (bicyclic) bond motifs is 1. The van der Waals surface area contributed by atoms with Gasteiger partial charge in [-0.2, -0.15) is 0 Å². The maximum absolute atomic E-state index is 4.26. The van der Waals surface area contributed by atoms with Crippen LogP contribution in [0.4, 0.5) is 0 Å². The van der Waals surface area contributed by atoms with Gasteiger partial charge < -0.3 is 0 Å². The zero-order chi connectivity index (χ0) is 9.42. The van der Waals surface area contributed by atoms with E-state index in [0.717, 1.165) is 16.7 Å². The fraction of sp³-hybridized carbons (Fsp3) is 0.444. The van der Waals surface area contributed by atoms with Crippen molar-refractivity contribution in [3.63, 3.8) is 0 Å². The van der Waals surface area contributed by atoms with E-state index < -0.39 is 0 Å². The van der Waals surface area contributed by atoms with Crippen molar-refractivity contribution in [2.45, 2.75) is 26.8 Å². The Hall–Kier alpha value is -1.45. The molecule has 0 saturated heterocycles. The molecule has 2 heterocycles. The molecule has 0 saturated carbocycles. The molecule has 0 aliphatic heterocycles. The second-order valence-electron chi connectivity index (χ2n) is 3.43. The molecule has 4 nitrogen and oxygen atoms in total. The number of pyridine rings is 1. The fourth-order valence-corrected chi connectivity index (χ4v) is 1.31. The van der Waals surface area contributed by atoms with E-state index >= 15 is 0 Å². The van der Waals surface area contributed by atoms with Gasteiger partial charge in [0.1, 0.15) is 5.52 Å². The molecule has 0 aliphatic rings. The molecule has 0 unspecified atom stereocenters. The molecular weight excluding hydrogens is 164 g/mol. The summed E-state index contributed by atoms with van der Waals surface area (Å²) in [6, 6.07) is 2.25. The van der Waals surface area contributed by atoms with E-state index in [4.69, 9.17) is 0 Å². The van der Waals surface area contributed by atoms with Gasteiger partial charge in [0.15, 0.2) is 5.65 Å². The summed E-state index contributed by atoms with van der Waals surface area (Å²) in [6.45, 7) is 6.15. The molecular formula is C9H12N4. The summed E-state index contributed by atoms with van der Waals surface area (Å²) in [6.07, 6.45) is 1.79. The van der Waals surface area contributed by atoms with Gasteiger partial charge >= 0.3 is 0 Å². The summed E-state index contributed by atoms with van der Waals surface area (Å²) in [4.78, 5) is 4.26. The minimum atomic E-state index is 0.305. The fourth-order valence-electron chi connectivity index (χ4n) is 1.31. The van der Waals surface area contributed by atoms with Gasteiger partial charge in [-0.1, -0.05) is 5.21 Å². The predicted molar refractivity (Wildman–Crippen MR) is 50.4 cm³/mol. The minimum absolute atomic E-state index is 0.305. The van der Waals surface area contributed by atoms with Crippen molar-refractivity contribution in [1.82, 2.24) is 20.0 Å². The molecule has 0 bridgehead atoms. The molecule has 0 atom stereocenters. The Balaban J connectivity index is 2.75. The maximum Gasteiger partial charge on any atom is 0.178 e. The normalized spacial score (nSPS) is 11.4. The van der Waals surface area contributed by atoms with Crippen molar-refractivity contribution >= 4 is 11.2 Å². The molecule has 2 aromatic heterocycles. The average Bonchev–Trinajstić information content (AvgIpc) is 2.48. The van der Waals surface area contributed by atoms with E-state index in [0.29, 0.717) is 6.04 Å². The van der Waals surface area contributed by atoms with Crippen molar-refractivity contribution in [2.24, 2.45) is 0 Å². The second kappa shape index (κ2) is 2.80. The van der Waals surface area contributed by atoms with Gasteiger partial charge in [0, 0.05) is 6.20 Å². The summed E-state index contributed by atoms with van der Waals surface area (Å²) in [7, 11) is 0. The molecule has 0 fully saturated rings. The number of hydrogen-bond acceptors (Lipinski definition) is 3. The summed E-state index contributed by atoms with van der Waals surface area (Å²) in [5.74, 6) is 0. The van der Waals surface area contributed by atoms with Crippen LogP contribution < -0.4 is 0 Å². The topological polar surface area (TPSA) is 43.6 Å². The Kier molecular flexibility index (Phi) is 1.76. The van der Waals surface area contributed by atoms with E-state index in [2.05, 4.69) is 29.1 Å². The van der Waals surface area contributed by atoms with E-state index in [-0.39, 0.29) is 0 Å². The van der Waals surface area contributed by atoms with E-state index in [1.54, 1.807) is 6.20 Å². The van der Waals surface area contributed by atoms with Crippen LogP contribution in [0.5, 0.6) is 0 Å². The van der Waals surface area contributed by atoms with Crippen molar-refractivity contribution < 1.29 is 0 Å². The van der Waals surface area contributed by atoms with Crippen LogP contribution in [0.25, 0.3) is 11.2 Å².